The Morgan fingerprint density at radius 1 is 1.14 bits per heavy atom. The zero-order valence-electron chi connectivity index (χ0n) is 14.0. The summed E-state index contributed by atoms with van der Waals surface area (Å²) in [6.07, 6.45) is 1.04. The minimum Gasteiger partial charge on any atom is -0.493 e. The van der Waals surface area contributed by atoms with E-state index in [-0.39, 0.29) is 0 Å². The van der Waals surface area contributed by atoms with Gasteiger partial charge in [-0.25, -0.2) is 0 Å². The minimum atomic E-state index is 0.696. The van der Waals surface area contributed by atoms with Crippen LogP contribution in [0, 0.1) is 5.92 Å². The van der Waals surface area contributed by atoms with Crippen molar-refractivity contribution in [1.82, 2.24) is 9.80 Å². The molecule has 0 atom stereocenters. The molecule has 1 aromatic carbocycles. The van der Waals surface area contributed by atoms with Crippen LogP contribution in [-0.2, 0) is 0 Å². The molecule has 0 saturated heterocycles. The van der Waals surface area contributed by atoms with Crippen LogP contribution in [0.1, 0.15) is 20.3 Å². The second-order valence-electron chi connectivity index (χ2n) is 6.27. The van der Waals surface area contributed by atoms with Crippen molar-refractivity contribution in [3.8, 4) is 5.75 Å². The third-order valence-corrected chi connectivity index (χ3v) is 3.23. The third-order valence-electron chi connectivity index (χ3n) is 3.23. The molecule has 0 amide bonds. The molecule has 1 rings (SSSR count). The van der Waals surface area contributed by atoms with Crippen molar-refractivity contribution in [3.63, 3.8) is 0 Å². The van der Waals surface area contributed by atoms with E-state index < -0.39 is 0 Å². The number of likely N-dealkylation sites (N-methyl/N-ethyl adjacent to an activating group) is 1. The lowest BCUT2D eigenvalue weighted by Gasteiger charge is -2.25. The summed E-state index contributed by atoms with van der Waals surface area (Å²) in [6, 6.07) is 7.62. The maximum Gasteiger partial charge on any atom is 0.121 e. The summed E-state index contributed by atoms with van der Waals surface area (Å²) < 4.78 is 5.75. The zero-order valence-corrected chi connectivity index (χ0v) is 14.0. The maximum atomic E-state index is 5.75. The smallest absolute Gasteiger partial charge is 0.121 e. The Kier molecular flexibility index (Phi) is 8.16. The number of ether oxygens (including phenoxy) is 1. The molecule has 21 heavy (non-hydrogen) atoms. The van der Waals surface area contributed by atoms with E-state index in [4.69, 9.17) is 10.5 Å². The number of nitrogens with zero attached hydrogens (tertiary/aromatic N) is 2. The lowest BCUT2D eigenvalue weighted by Crippen LogP contribution is -2.35. The summed E-state index contributed by atoms with van der Waals surface area (Å²) in [5.41, 5.74) is 6.49. The van der Waals surface area contributed by atoms with Crippen LogP contribution in [0.5, 0.6) is 5.75 Å². The molecule has 0 fully saturated rings. The molecule has 0 heterocycles. The zero-order chi connectivity index (χ0) is 15.7. The standard InChI is InChI=1S/C17H31N3O/c1-15(2)14-20(11-10-19(3)4)9-6-12-21-17-8-5-7-16(18)13-17/h5,7-8,13,15H,6,9-12,14,18H2,1-4H3. The molecular formula is C17H31N3O. The van der Waals surface area contributed by atoms with Crippen LogP contribution in [0.25, 0.3) is 0 Å². The second-order valence-corrected chi connectivity index (χ2v) is 6.27. The summed E-state index contributed by atoms with van der Waals surface area (Å²) in [7, 11) is 4.24. The van der Waals surface area contributed by atoms with Gasteiger partial charge >= 0.3 is 0 Å². The van der Waals surface area contributed by atoms with Crippen molar-refractivity contribution in [3.05, 3.63) is 24.3 Å². The summed E-state index contributed by atoms with van der Waals surface area (Å²) in [6.45, 7) is 9.71. The van der Waals surface area contributed by atoms with Gasteiger partial charge in [-0.2, -0.15) is 0 Å². The van der Waals surface area contributed by atoms with Crippen LogP contribution in [-0.4, -0.2) is 56.7 Å². The van der Waals surface area contributed by atoms with Gasteiger partial charge in [0.25, 0.3) is 0 Å². The first-order valence-electron chi connectivity index (χ1n) is 7.83. The highest BCUT2D eigenvalue weighted by atomic mass is 16.5. The molecule has 120 valence electrons. The van der Waals surface area contributed by atoms with E-state index in [1.54, 1.807) is 0 Å². The fourth-order valence-electron chi connectivity index (χ4n) is 2.23. The molecule has 0 aliphatic carbocycles. The normalized spacial score (nSPS) is 11.6. The van der Waals surface area contributed by atoms with Gasteiger partial charge in [0.05, 0.1) is 6.61 Å². The number of rotatable bonds is 10. The fourth-order valence-corrected chi connectivity index (χ4v) is 2.23. The molecule has 2 N–H and O–H groups in total. The van der Waals surface area contributed by atoms with E-state index in [1.165, 1.54) is 0 Å². The molecule has 0 unspecified atom stereocenters. The van der Waals surface area contributed by atoms with E-state index in [0.29, 0.717) is 5.92 Å². The fraction of sp³-hybridized carbons (Fsp3) is 0.647. The van der Waals surface area contributed by atoms with Crippen molar-refractivity contribution >= 4 is 5.69 Å². The maximum absolute atomic E-state index is 5.75. The van der Waals surface area contributed by atoms with Crippen LogP contribution in [0.4, 0.5) is 5.69 Å². The Balaban J connectivity index is 2.28. The van der Waals surface area contributed by atoms with Gasteiger partial charge < -0.3 is 20.3 Å². The highest BCUT2D eigenvalue weighted by molar-refractivity contribution is 5.43. The van der Waals surface area contributed by atoms with Crippen molar-refractivity contribution < 1.29 is 4.74 Å². The number of nitrogen functional groups attached to an aromatic ring is 1. The highest BCUT2D eigenvalue weighted by Crippen LogP contribution is 2.14. The quantitative estimate of drug-likeness (QED) is 0.532. The van der Waals surface area contributed by atoms with Crippen LogP contribution in [0.15, 0.2) is 24.3 Å². The van der Waals surface area contributed by atoms with E-state index in [2.05, 4.69) is 37.7 Å². The first-order chi connectivity index (χ1) is 9.97. The molecule has 0 aliphatic heterocycles. The number of anilines is 1. The Morgan fingerprint density at radius 3 is 2.52 bits per heavy atom. The van der Waals surface area contributed by atoms with Gasteiger partial charge in [-0.3, -0.25) is 0 Å². The average Bonchev–Trinajstić information content (AvgIpc) is 2.40. The molecular weight excluding hydrogens is 262 g/mol. The monoisotopic (exact) mass is 293 g/mol. The van der Waals surface area contributed by atoms with E-state index in [0.717, 1.165) is 50.6 Å². The largest absolute Gasteiger partial charge is 0.493 e. The van der Waals surface area contributed by atoms with E-state index >= 15 is 0 Å². The van der Waals surface area contributed by atoms with E-state index in [9.17, 15) is 0 Å². The Labute approximate surface area is 129 Å². The minimum absolute atomic E-state index is 0.696. The summed E-state index contributed by atoms with van der Waals surface area (Å²) in [5.74, 6) is 1.56. The lowest BCUT2D eigenvalue weighted by atomic mass is 10.2. The van der Waals surface area contributed by atoms with Crippen molar-refractivity contribution in [1.29, 1.82) is 0 Å². The van der Waals surface area contributed by atoms with E-state index in [1.807, 2.05) is 24.3 Å². The van der Waals surface area contributed by atoms with Gasteiger partial charge in [0.1, 0.15) is 5.75 Å². The number of nitrogens with two attached hydrogens (primary N) is 1. The van der Waals surface area contributed by atoms with Crippen molar-refractivity contribution in [2.24, 2.45) is 5.92 Å². The number of benzene rings is 1. The lowest BCUT2D eigenvalue weighted by molar-refractivity contribution is 0.199. The molecule has 4 heteroatoms. The van der Waals surface area contributed by atoms with Crippen LogP contribution in [0.3, 0.4) is 0 Å². The molecule has 4 nitrogen and oxygen atoms in total. The van der Waals surface area contributed by atoms with Gasteiger partial charge in [-0.15, -0.1) is 0 Å². The van der Waals surface area contributed by atoms with Gasteiger partial charge in [0, 0.05) is 37.9 Å². The first-order valence-corrected chi connectivity index (χ1v) is 7.83. The Bertz CT molecular complexity index is 393. The van der Waals surface area contributed by atoms with Crippen LogP contribution < -0.4 is 10.5 Å². The van der Waals surface area contributed by atoms with Gasteiger partial charge in [0.2, 0.25) is 0 Å². The highest BCUT2D eigenvalue weighted by Gasteiger charge is 2.07. The molecule has 0 spiro atoms. The first kappa shape index (κ1) is 17.8. The van der Waals surface area contributed by atoms with Gasteiger partial charge in [0.15, 0.2) is 0 Å². The summed E-state index contributed by atoms with van der Waals surface area (Å²) in [4.78, 5) is 4.75. The Hall–Kier alpha value is -1.26. The Morgan fingerprint density at radius 2 is 1.90 bits per heavy atom. The summed E-state index contributed by atoms with van der Waals surface area (Å²) >= 11 is 0. The molecule has 0 bridgehead atoms. The average molecular weight is 293 g/mol. The van der Waals surface area contributed by atoms with Crippen molar-refractivity contribution in [2.75, 3.05) is 52.6 Å². The number of hydrogen-bond acceptors (Lipinski definition) is 4. The second kappa shape index (κ2) is 9.64. The molecule has 1 aromatic rings. The predicted octanol–water partition coefficient (Wildman–Crippen LogP) is 2.56. The van der Waals surface area contributed by atoms with Gasteiger partial charge in [-0.1, -0.05) is 19.9 Å². The van der Waals surface area contributed by atoms with Crippen LogP contribution >= 0.6 is 0 Å². The van der Waals surface area contributed by atoms with Gasteiger partial charge in [-0.05, 0) is 38.6 Å². The van der Waals surface area contributed by atoms with Crippen LogP contribution in [0.2, 0.25) is 0 Å². The topological polar surface area (TPSA) is 41.7 Å². The molecule has 0 aromatic heterocycles. The SMILES string of the molecule is CC(C)CN(CCCOc1cccc(N)c1)CCN(C)C. The summed E-state index contributed by atoms with van der Waals surface area (Å²) in [5, 5.41) is 0. The molecule has 0 saturated carbocycles. The number of hydrogen-bond donors (Lipinski definition) is 1. The third kappa shape index (κ3) is 8.58. The molecule has 0 aliphatic rings. The predicted molar refractivity (Wildman–Crippen MR) is 90.8 cm³/mol. The molecule has 0 radical (unpaired) electrons. The van der Waals surface area contributed by atoms with Crippen molar-refractivity contribution in [2.45, 2.75) is 20.3 Å².